The van der Waals surface area contributed by atoms with Gasteiger partial charge in [0.1, 0.15) is 12.4 Å². The first kappa shape index (κ1) is 20.9. The molecule has 0 saturated carbocycles. The molecule has 9 heteroatoms. The first-order chi connectivity index (χ1) is 14.0. The lowest BCUT2D eigenvalue weighted by molar-refractivity contribution is 0.0947. The van der Waals surface area contributed by atoms with Crippen LogP contribution in [-0.2, 0) is 10.0 Å². The fourth-order valence-electron chi connectivity index (χ4n) is 2.89. The van der Waals surface area contributed by atoms with Gasteiger partial charge in [-0.15, -0.1) is 0 Å². The van der Waals surface area contributed by atoms with Crippen molar-refractivity contribution < 1.29 is 27.4 Å². The normalized spacial score (nSPS) is 12.8. The molecule has 0 spiro atoms. The van der Waals surface area contributed by atoms with Crippen LogP contribution in [0.2, 0.25) is 0 Å². The van der Waals surface area contributed by atoms with Crippen molar-refractivity contribution in [3.8, 4) is 17.2 Å². The lowest BCUT2D eigenvalue weighted by Gasteiger charge is -2.18. The Kier molecular flexibility index (Phi) is 6.60. The molecule has 156 valence electrons. The van der Waals surface area contributed by atoms with Crippen LogP contribution in [-0.4, -0.2) is 51.7 Å². The van der Waals surface area contributed by atoms with Gasteiger partial charge >= 0.3 is 0 Å². The summed E-state index contributed by atoms with van der Waals surface area (Å²) in [5, 5.41) is 2.75. The number of benzene rings is 2. The van der Waals surface area contributed by atoms with Crippen molar-refractivity contribution in [3.63, 3.8) is 0 Å². The molecule has 0 atom stereocenters. The van der Waals surface area contributed by atoms with Crippen molar-refractivity contribution >= 4 is 15.9 Å². The lowest BCUT2D eigenvalue weighted by atomic mass is 10.2. The van der Waals surface area contributed by atoms with Gasteiger partial charge in [-0.1, -0.05) is 13.8 Å². The van der Waals surface area contributed by atoms with Gasteiger partial charge in [-0.2, -0.15) is 4.31 Å². The molecule has 0 aromatic heterocycles. The first-order valence-electron chi connectivity index (χ1n) is 9.36. The average molecular weight is 420 g/mol. The van der Waals surface area contributed by atoms with Crippen LogP contribution in [0.5, 0.6) is 17.2 Å². The van der Waals surface area contributed by atoms with Crippen molar-refractivity contribution in [1.29, 1.82) is 0 Å². The maximum Gasteiger partial charge on any atom is 0.251 e. The van der Waals surface area contributed by atoms with E-state index in [9.17, 15) is 13.2 Å². The summed E-state index contributed by atoms with van der Waals surface area (Å²) in [4.78, 5) is 12.4. The topological polar surface area (TPSA) is 94.2 Å². The molecule has 0 bridgehead atoms. The molecule has 29 heavy (non-hydrogen) atoms. The molecule has 1 amide bonds. The minimum atomic E-state index is -3.54. The zero-order valence-electron chi connectivity index (χ0n) is 16.4. The van der Waals surface area contributed by atoms with E-state index in [0.717, 1.165) is 0 Å². The fourth-order valence-corrected chi connectivity index (χ4v) is 4.35. The minimum Gasteiger partial charge on any atom is -0.492 e. The van der Waals surface area contributed by atoms with Crippen molar-refractivity contribution in [2.75, 3.05) is 33.0 Å². The van der Waals surface area contributed by atoms with Gasteiger partial charge in [0.15, 0.2) is 11.5 Å². The number of sulfonamides is 1. The number of carbonyl (C=O) groups is 1. The molecule has 0 radical (unpaired) electrons. The molecular weight excluding hydrogens is 396 g/mol. The second kappa shape index (κ2) is 9.15. The Morgan fingerprint density at radius 1 is 1.07 bits per heavy atom. The number of nitrogens with zero attached hydrogens (tertiary/aromatic N) is 1. The van der Waals surface area contributed by atoms with Crippen LogP contribution in [0, 0.1) is 0 Å². The number of hydrogen-bond acceptors (Lipinski definition) is 6. The van der Waals surface area contributed by atoms with Crippen molar-refractivity contribution in [2.45, 2.75) is 18.7 Å². The number of hydrogen-bond donors (Lipinski definition) is 1. The molecule has 2 aromatic carbocycles. The van der Waals surface area contributed by atoms with Gasteiger partial charge in [0.25, 0.3) is 5.91 Å². The molecule has 1 aliphatic rings. The summed E-state index contributed by atoms with van der Waals surface area (Å²) in [5.74, 6) is 1.63. The summed E-state index contributed by atoms with van der Waals surface area (Å²) in [7, 11) is -3.54. The molecule has 0 saturated heterocycles. The molecule has 0 fully saturated rings. The summed E-state index contributed by atoms with van der Waals surface area (Å²) >= 11 is 0. The maximum atomic E-state index is 12.5. The quantitative estimate of drug-likeness (QED) is 0.626. The highest BCUT2D eigenvalue weighted by Gasteiger charge is 2.21. The number of ether oxygens (including phenoxy) is 3. The number of rotatable bonds is 9. The number of carbonyl (C=O) groups excluding carboxylic acids is 1. The van der Waals surface area contributed by atoms with E-state index in [0.29, 0.717) is 42.4 Å². The summed E-state index contributed by atoms with van der Waals surface area (Å²) in [5.41, 5.74) is 0.381. The highest BCUT2D eigenvalue weighted by Crippen LogP contribution is 2.34. The standard InChI is InChI=1S/C20H24N2O6S/c1-3-22(4-2)29(24,25)17-8-5-15(6-9-17)20(23)21-11-12-26-16-7-10-18-19(13-16)28-14-27-18/h5-10,13H,3-4,11-12,14H2,1-2H3,(H,21,23). The third-order valence-corrected chi connectivity index (χ3v) is 6.52. The van der Waals surface area contributed by atoms with E-state index >= 15 is 0 Å². The molecule has 0 unspecified atom stereocenters. The molecule has 0 aliphatic carbocycles. The SMILES string of the molecule is CCN(CC)S(=O)(=O)c1ccc(C(=O)NCCOc2ccc3c(c2)OCO3)cc1. The zero-order valence-corrected chi connectivity index (χ0v) is 17.2. The average Bonchev–Trinajstić information content (AvgIpc) is 3.19. The van der Waals surface area contributed by atoms with Crippen LogP contribution in [0.1, 0.15) is 24.2 Å². The van der Waals surface area contributed by atoms with E-state index in [1.165, 1.54) is 28.6 Å². The van der Waals surface area contributed by atoms with Crippen molar-refractivity contribution in [1.82, 2.24) is 9.62 Å². The highest BCUT2D eigenvalue weighted by atomic mass is 32.2. The number of fused-ring (bicyclic) bond motifs is 1. The fraction of sp³-hybridized carbons (Fsp3) is 0.350. The molecule has 3 rings (SSSR count). The summed E-state index contributed by atoms with van der Waals surface area (Å²) in [6.45, 7) is 5.13. The van der Waals surface area contributed by atoms with Gasteiger partial charge in [0.05, 0.1) is 11.4 Å². The predicted octanol–water partition coefficient (Wildman–Crippen LogP) is 2.25. The van der Waals surface area contributed by atoms with Crippen molar-refractivity contribution in [3.05, 3.63) is 48.0 Å². The van der Waals surface area contributed by atoms with E-state index in [1.54, 1.807) is 32.0 Å². The van der Waals surface area contributed by atoms with Gasteiger partial charge in [-0.25, -0.2) is 8.42 Å². The minimum absolute atomic E-state index is 0.170. The monoisotopic (exact) mass is 420 g/mol. The van der Waals surface area contributed by atoms with E-state index in [2.05, 4.69) is 5.32 Å². The van der Waals surface area contributed by atoms with Gasteiger partial charge < -0.3 is 19.5 Å². The smallest absolute Gasteiger partial charge is 0.251 e. The second-order valence-corrected chi connectivity index (χ2v) is 8.17. The summed E-state index contributed by atoms with van der Waals surface area (Å²) in [6.07, 6.45) is 0. The van der Waals surface area contributed by atoms with Crippen molar-refractivity contribution in [2.24, 2.45) is 0 Å². The molecular formula is C20H24N2O6S. The largest absolute Gasteiger partial charge is 0.492 e. The molecule has 1 N–H and O–H groups in total. The van der Waals surface area contributed by atoms with E-state index in [1.807, 2.05) is 0 Å². The highest BCUT2D eigenvalue weighted by molar-refractivity contribution is 7.89. The Bertz CT molecular complexity index is 955. The second-order valence-electron chi connectivity index (χ2n) is 6.23. The lowest BCUT2D eigenvalue weighted by Crippen LogP contribution is -2.31. The van der Waals surface area contributed by atoms with Gasteiger partial charge in [0.2, 0.25) is 16.8 Å². The van der Waals surface area contributed by atoms with E-state index < -0.39 is 10.0 Å². The Balaban J connectivity index is 1.51. The third kappa shape index (κ3) is 4.80. The Hall–Kier alpha value is -2.78. The predicted molar refractivity (Wildman–Crippen MR) is 107 cm³/mol. The maximum absolute atomic E-state index is 12.5. The van der Waals surface area contributed by atoms with Gasteiger partial charge in [-0.3, -0.25) is 4.79 Å². The van der Waals surface area contributed by atoms with Gasteiger partial charge in [0, 0.05) is 24.7 Å². The first-order valence-corrected chi connectivity index (χ1v) is 10.8. The Morgan fingerprint density at radius 3 is 2.45 bits per heavy atom. The van der Waals surface area contributed by atoms with Crippen LogP contribution in [0.4, 0.5) is 0 Å². The summed E-state index contributed by atoms with van der Waals surface area (Å²) in [6, 6.07) is 11.2. The molecule has 8 nitrogen and oxygen atoms in total. The number of amides is 1. The number of nitrogens with one attached hydrogen (secondary N) is 1. The zero-order chi connectivity index (χ0) is 20.9. The molecule has 1 aliphatic heterocycles. The van der Waals surface area contributed by atoms with Crippen LogP contribution < -0.4 is 19.5 Å². The molecule has 2 aromatic rings. The molecule has 1 heterocycles. The Labute approximate surface area is 170 Å². The van der Waals surface area contributed by atoms with Gasteiger partial charge in [-0.05, 0) is 36.4 Å². The van der Waals surface area contributed by atoms with Crippen LogP contribution in [0.25, 0.3) is 0 Å². The van der Waals surface area contributed by atoms with Crippen LogP contribution in [0.3, 0.4) is 0 Å². The van der Waals surface area contributed by atoms with E-state index in [4.69, 9.17) is 14.2 Å². The summed E-state index contributed by atoms with van der Waals surface area (Å²) < 4.78 is 42.5. The Morgan fingerprint density at radius 2 is 1.76 bits per heavy atom. The van der Waals surface area contributed by atoms with E-state index in [-0.39, 0.29) is 24.2 Å². The van der Waals surface area contributed by atoms with Crippen LogP contribution in [0.15, 0.2) is 47.4 Å². The van der Waals surface area contributed by atoms with Crippen LogP contribution >= 0.6 is 0 Å². The third-order valence-electron chi connectivity index (χ3n) is 4.46.